The lowest BCUT2D eigenvalue weighted by molar-refractivity contribution is -0.127. The summed E-state index contributed by atoms with van der Waals surface area (Å²) in [5.41, 5.74) is 2.62. The van der Waals surface area contributed by atoms with Crippen molar-refractivity contribution >= 4 is 5.91 Å². The first-order valence-corrected chi connectivity index (χ1v) is 11.3. The molecule has 1 saturated heterocycles. The maximum atomic E-state index is 13.1. The minimum atomic E-state index is 0.0159. The molecule has 0 unspecified atom stereocenters. The van der Waals surface area contributed by atoms with Gasteiger partial charge in [-0.2, -0.15) is 0 Å². The summed E-state index contributed by atoms with van der Waals surface area (Å²) in [5, 5.41) is 3.27. The lowest BCUT2D eigenvalue weighted by Gasteiger charge is -2.34. The standard InChI is InChI=1S/C26H36N2O/c1-21(2)20-25(28-18-10-5-11-19-28)26(29)27-17-16-24(22-12-6-3-7-13-22)23-14-8-4-9-15-23/h3-4,6-9,12-15,21,24-25H,5,10-11,16-20H2,1-2H3,(H,27,29)/t25-/m0/s1. The molecule has 1 N–H and O–H groups in total. The largest absolute Gasteiger partial charge is 0.355 e. The smallest absolute Gasteiger partial charge is 0.237 e. The van der Waals surface area contributed by atoms with Crippen LogP contribution in [0.1, 0.15) is 63.0 Å². The average Bonchev–Trinajstić information content (AvgIpc) is 2.76. The number of hydrogen-bond acceptors (Lipinski definition) is 2. The summed E-state index contributed by atoms with van der Waals surface area (Å²) in [6.45, 7) is 7.24. The van der Waals surface area contributed by atoms with Gasteiger partial charge in [0.1, 0.15) is 0 Å². The van der Waals surface area contributed by atoms with Crippen LogP contribution in [-0.2, 0) is 4.79 Å². The van der Waals surface area contributed by atoms with Crippen molar-refractivity contribution in [1.82, 2.24) is 10.2 Å². The summed E-state index contributed by atoms with van der Waals surface area (Å²) in [6, 6.07) is 21.3. The second-order valence-corrected chi connectivity index (χ2v) is 8.70. The molecule has 1 atom stereocenters. The van der Waals surface area contributed by atoms with E-state index in [-0.39, 0.29) is 11.9 Å². The molecule has 3 heteroatoms. The van der Waals surface area contributed by atoms with E-state index in [0.717, 1.165) is 25.9 Å². The molecule has 29 heavy (non-hydrogen) atoms. The molecule has 0 bridgehead atoms. The van der Waals surface area contributed by atoms with E-state index in [1.165, 1.54) is 30.4 Å². The summed E-state index contributed by atoms with van der Waals surface area (Å²) in [4.78, 5) is 15.5. The predicted octanol–water partition coefficient (Wildman–Crippen LogP) is 5.23. The Balaban J connectivity index is 1.63. The third kappa shape index (κ3) is 6.43. The average molecular weight is 393 g/mol. The number of piperidine rings is 1. The lowest BCUT2D eigenvalue weighted by atomic mass is 9.88. The molecule has 3 nitrogen and oxygen atoms in total. The van der Waals surface area contributed by atoms with Crippen molar-refractivity contribution in [1.29, 1.82) is 0 Å². The van der Waals surface area contributed by atoms with E-state index >= 15 is 0 Å². The summed E-state index contributed by atoms with van der Waals surface area (Å²) in [6.07, 6.45) is 5.57. The van der Waals surface area contributed by atoms with Crippen molar-refractivity contribution in [3.05, 3.63) is 71.8 Å². The second kappa shape index (κ2) is 11.2. The zero-order chi connectivity index (χ0) is 20.5. The highest BCUT2D eigenvalue weighted by Gasteiger charge is 2.27. The van der Waals surface area contributed by atoms with Crippen LogP contribution in [-0.4, -0.2) is 36.5 Å². The van der Waals surface area contributed by atoms with Gasteiger partial charge in [0.05, 0.1) is 6.04 Å². The summed E-state index contributed by atoms with van der Waals surface area (Å²) >= 11 is 0. The van der Waals surface area contributed by atoms with Gasteiger partial charge >= 0.3 is 0 Å². The minimum Gasteiger partial charge on any atom is -0.355 e. The van der Waals surface area contributed by atoms with Gasteiger partial charge in [-0.3, -0.25) is 9.69 Å². The SMILES string of the molecule is CC(C)C[C@@H](C(=O)NCCC(c1ccccc1)c1ccccc1)N1CCCCC1. The highest BCUT2D eigenvalue weighted by atomic mass is 16.2. The fourth-order valence-corrected chi connectivity index (χ4v) is 4.45. The number of benzene rings is 2. The maximum Gasteiger partial charge on any atom is 0.237 e. The predicted molar refractivity (Wildman–Crippen MR) is 121 cm³/mol. The fraction of sp³-hybridized carbons (Fsp3) is 0.500. The van der Waals surface area contributed by atoms with Crippen molar-refractivity contribution in [3.63, 3.8) is 0 Å². The van der Waals surface area contributed by atoms with Gasteiger partial charge in [0.25, 0.3) is 0 Å². The minimum absolute atomic E-state index is 0.0159. The lowest BCUT2D eigenvalue weighted by Crippen LogP contribution is -2.49. The Hall–Kier alpha value is -2.13. The molecule has 0 radical (unpaired) electrons. The Morgan fingerprint density at radius 1 is 0.897 bits per heavy atom. The van der Waals surface area contributed by atoms with E-state index in [1.54, 1.807) is 0 Å². The van der Waals surface area contributed by atoms with Crippen LogP contribution in [0, 0.1) is 5.92 Å². The van der Waals surface area contributed by atoms with Crippen LogP contribution in [0.15, 0.2) is 60.7 Å². The van der Waals surface area contributed by atoms with Gasteiger partial charge in [0, 0.05) is 12.5 Å². The monoisotopic (exact) mass is 392 g/mol. The molecule has 1 heterocycles. The van der Waals surface area contributed by atoms with Crippen LogP contribution >= 0.6 is 0 Å². The van der Waals surface area contributed by atoms with E-state index in [2.05, 4.69) is 84.7 Å². The molecule has 2 aromatic carbocycles. The molecule has 2 aromatic rings. The topological polar surface area (TPSA) is 32.3 Å². The molecular weight excluding hydrogens is 356 g/mol. The van der Waals surface area contributed by atoms with Crippen molar-refractivity contribution in [3.8, 4) is 0 Å². The van der Waals surface area contributed by atoms with Crippen LogP contribution in [0.4, 0.5) is 0 Å². The highest BCUT2D eigenvalue weighted by Crippen LogP contribution is 2.27. The van der Waals surface area contributed by atoms with Crippen molar-refractivity contribution in [2.75, 3.05) is 19.6 Å². The van der Waals surface area contributed by atoms with Crippen LogP contribution in [0.5, 0.6) is 0 Å². The summed E-state index contributed by atoms with van der Waals surface area (Å²) < 4.78 is 0. The molecule has 156 valence electrons. The zero-order valence-electron chi connectivity index (χ0n) is 18.0. The molecule has 1 amide bonds. The molecule has 1 aliphatic heterocycles. The molecular formula is C26H36N2O. The van der Waals surface area contributed by atoms with Gasteiger partial charge in [-0.25, -0.2) is 0 Å². The molecule has 1 fully saturated rings. The normalized spacial score (nSPS) is 16.1. The van der Waals surface area contributed by atoms with E-state index in [0.29, 0.717) is 18.4 Å². The number of nitrogens with one attached hydrogen (secondary N) is 1. The van der Waals surface area contributed by atoms with Gasteiger partial charge in [-0.15, -0.1) is 0 Å². The molecule has 0 aliphatic carbocycles. The first-order valence-electron chi connectivity index (χ1n) is 11.3. The van der Waals surface area contributed by atoms with Crippen molar-refractivity contribution in [2.24, 2.45) is 5.92 Å². The van der Waals surface area contributed by atoms with Crippen LogP contribution < -0.4 is 5.32 Å². The van der Waals surface area contributed by atoms with E-state index in [4.69, 9.17) is 0 Å². The molecule has 0 aromatic heterocycles. The fourth-order valence-electron chi connectivity index (χ4n) is 4.45. The van der Waals surface area contributed by atoms with Crippen LogP contribution in [0.25, 0.3) is 0 Å². The Morgan fingerprint density at radius 2 is 1.45 bits per heavy atom. The Morgan fingerprint density at radius 3 is 1.97 bits per heavy atom. The van der Waals surface area contributed by atoms with Gasteiger partial charge in [0.15, 0.2) is 0 Å². The Kier molecular flexibility index (Phi) is 8.30. The molecule has 3 rings (SSSR count). The van der Waals surface area contributed by atoms with Gasteiger partial charge in [0.2, 0.25) is 5.91 Å². The second-order valence-electron chi connectivity index (χ2n) is 8.70. The zero-order valence-corrected chi connectivity index (χ0v) is 18.0. The molecule has 0 spiro atoms. The molecule has 0 saturated carbocycles. The van der Waals surface area contributed by atoms with E-state index in [9.17, 15) is 4.79 Å². The van der Waals surface area contributed by atoms with E-state index in [1.807, 2.05) is 0 Å². The Bertz CT molecular complexity index is 683. The number of hydrogen-bond donors (Lipinski definition) is 1. The van der Waals surface area contributed by atoms with Crippen molar-refractivity contribution in [2.45, 2.75) is 57.9 Å². The highest BCUT2D eigenvalue weighted by molar-refractivity contribution is 5.81. The number of amides is 1. The summed E-state index contributed by atoms with van der Waals surface area (Å²) in [5.74, 6) is 1.03. The first-order chi connectivity index (χ1) is 14.1. The number of carbonyl (C=O) groups excluding carboxylic acids is 1. The number of likely N-dealkylation sites (tertiary alicyclic amines) is 1. The maximum absolute atomic E-state index is 13.1. The number of carbonyl (C=O) groups is 1. The van der Waals surface area contributed by atoms with Gasteiger partial charge < -0.3 is 5.32 Å². The third-order valence-electron chi connectivity index (χ3n) is 5.96. The quantitative estimate of drug-likeness (QED) is 0.634. The van der Waals surface area contributed by atoms with Crippen LogP contribution in [0.3, 0.4) is 0 Å². The van der Waals surface area contributed by atoms with Gasteiger partial charge in [-0.05, 0) is 55.8 Å². The van der Waals surface area contributed by atoms with Crippen LogP contribution in [0.2, 0.25) is 0 Å². The molecule has 1 aliphatic rings. The Labute approximate surface area is 176 Å². The van der Waals surface area contributed by atoms with Crippen molar-refractivity contribution < 1.29 is 4.79 Å². The van der Waals surface area contributed by atoms with Gasteiger partial charge in [-0.1, -0.05) is 80.9 Å². The van der Waals surface area contributed by atoms with E-state index < -0.39 is 0 Å². The number of nitrogens with zero attached hydrogens (tertiary/aromatic N) is 1. The number of rotatable bonds is 9. The summed E-state index contributed by atoms with van der Waals surface area (Å²) in [7, 11) is 0. The third-order valence-corrected chi connectivity index (χ3v) is 5.96. The first kappa shape index (κ1) is 21.6.